The van der Waals surface area contributed by atoms with Crippen molar-refractivity contribution in [2.24, 2.45) is 4.99 Å². The Kier molecular flexibility index (Phi) is 6.82. The number of aliphatic hydroxyl groups excluding tert-OH is 1. The number of ether oxygens (including phenoxy) is 1. The van der Waals surface area contributed by atoms with Crippen molar-refractivity contribution in [3.63, 3.8) is 0 Å². The van der Waals surface area contributed by atoms with Gasteiger partial charge in [-0.2, -0.15) is 0 Å². The summed E-state index contributed by atoms with van der Waals surface area (Å²) in [6.07, 6.45) is 0.487. The standard InChI is InChI=1S/C19H29FN4O2/c1-2-21-19(24-8-7-17(25)14-24)22-13-18(23-9-11-26-12-10-23)15-3-5-16(20)6-4-15/h3-6,17-18,25H,2,7-14H2,1H3,(H,21,22)/t17-,18?/m1/s1. The van der Waals surface area contributed by atoms with E-state index in [9.17, 15) is 9.50 Å². The zero-order chi connectivity index (χ0) is 18.4. The van der Waals surface area contributed by atoms with Crippen molar-refractivity contribution < 1.29 is 14.2 Å². The Morgan fingerprint density at radius 2 is 2.04 bits per heavy atom. The van der Waals surface area contributed by atoms with Crippen LogP contribution in [0.25, 0.3) is 0 Å². The monoisotopic (exact) mass is 364 g/mol. The first-order valence-corrected chi connectivity index (χ1v) is 9.46. The van der Waals surface area contributed by atoms with Gasteiger partial charge in [0.15, 0.2) is 5.96 Å². The van der Waals surface area contributed by atoms with Gasteiger partial charge in [-0.3, -0.25) is 9.89 Å². The molecule has 1 aromatic carbocycles. The number of β-amino-alcohol motifs (C(OH)–C–C–N with tert-alkyl or cyclic N) is 1. The van der Waals surface area contributed by atoms with Gasteiger partial charge >= 0.3 is 0 Å². The predicted molar refractivity (Wildman–Crippen MR) is 99.7 cm³/mol. The third kappa shape index (κ3) is 4.93. The minimum absolute atomic E-state index is 0.0840. The Morgan fingerprint density at radius 3 is 2.65 bits per heavy atom. The molecule has 1 aromatic rings. The lowest BCUT2D eigenvalue weighted by molar-refractivity contribution is 0.0179. The maximum absolute atomic E-state index is 13.3. The Morgan fingerprint density at radius 1 is 1.31 bits per heavy atom. The summed E-state index contributed by atoms with van der Waals surface area (Å²) in [5, 5.41) is 13.1. The molecule has 2 aliphatic rings. The Labute approximate surface area is 154 Å². The van der Waals surface area contributed by atoms with Crippen molar-refractivity contribution in [2.75, 3.05) is 52.5 Å². The summed E-state index contributed by atoms with van der Waals surface area (Å²) in [5.41, 5.74) is 1.06. The molecule has 2 atom stereocenters. The molecule has 0 radical (unpaired) electrons. The van der Waals surface area contributed by atoms with Crippen molar-refractivity contribution in [2.45, 2.75) is 25.5 Å². The van der Waals surface area contributed by atoms with Crippen LogP contribution in [0.4, 0.5) is 4.39 Å². The van der Waals surface area contributed by atoms with Crippen LogP contribution in [0.1, 0.15) is 24.9 Å². The summed E-state index contributed by atoms with van der Waals surface area (Å²) in [6, 6.07) is 6.79. The zero-order valence-electron chi connectivity index (χ0n) is 15.4. The summed E-state index contributed by atoms with van der Waals surface area (Å²) in [4.78, 5) is 9.30. The molecule has 3 rings (SSSR count). The first-order valence-electron chi connectivity index (χ1n) is 9.46. The highest BCUT2D eigenvalue weighted by Gasteiger charge is 2.25. The SMILES string of the molecule is CCNC(=NCC(c1ccc(F)cc1)N1CCOCC1)N1CC[C@@H](O)C1. The van der Waals surface area contributed by atoms with Gasteiger partial charge < -0.3 is 20.1 Å². The van der Waals surface area contributed by atoms with Crippen molar-refractivity contribution in [1.29, 1.82) is 0 Å². The number of halogens is 1. The normalized spacial score (nSPS) is 23.3. The minimum atomic E-state index is -0.286. The van der Waals surface area contributed by atoms with Gasteiger partial charge in [0.05, 0.1) is 31.9 Å². The highest BCUT2D eigenvalue weighted by atomic mass is 19.1. The second-order valence-corrected chi connectivity index (χ2v) is 6.80. The number of nitrogens with one attached hydrogen (secondary N) is 1. The maximum Gasteiger partial charge on any atom is 0.194 e. The highest BCUT2D eigenvalue weighted by molar-refractivity contribution is 5.80. The summed E-state index contributed by atoms with van der Waals surface area (Å²) >= 11 is 0. The lowest BCUT2D eigenvalue weighted by Gasteiger charge is -2.34. The third-order valence-electron chi connectivity index (χ3n) is 4.95. The van der Waals surface area contributed by atoms with Crippen LogP contribution in [0.5, 0.6) is 0 Å². The fraction of sp³-hybridized carbons (Fsp3) is 0.632. The summed E-state index contributed by atoms with van der Waals surface area (Å²) < 4.78 is 18.8. The van der Waals surface area contributed by atoms with E-state index in [1.54, 1.807) is 0 Å². The van der Waals surface area contributed by atoms with Crippen LogP contribution in [0.15, 0.2) is 29.3 Å². The van der Waals surface area contributed by atoms with E-state index >= 15 is 0 Å². The summed E-state index contributed by atoms with van der Waals surface area (Å²) in [5.74, 6) is 0.613. The average molecular weight is 364 g/mol. The van der Waals surface area contributed by atoms with Gasteiger partial charge in [0.1, 0.15) is 5.82 Å². The number of nitrogens with zero attached hydrogens (tertiary/aromatic N) is 3. The number of morpholine rings is 1. The van der Waals surface area contributed by atoms with Gasteiger partial charge in [-0.1, -0.05) is 12.1 Å². The van der Waals surface area contributed by atoms with Gasteiger partial charge in [0.25, 0.3) is 0 Å². The van der Waals surface area contributed by atoms with Crippen LogP contribution >= 0.6 is 0 Å². The van der Waals surface area contributed by atoms with Gasteiger partial charge in [-0.05, 0) is 31.0 Å². The van der Waals surface area contributed by atoms with Crippen molar-refractivity contribution in [3.05, 3.63) is 35.6 Å². The van der Waals surface area contributed by atoms with Crippen LogP contribution in [-0.2, 0) is 4.74 Å². The molecule has 144 valence electrons. The van der Waals surface area contributed by atoms with E-state index in [4.69, 9.17) is 9.73 Å². The minimum Gasteiger partial charge on any atom is -0.391 e. The molecule has 0 spiro atoms. The lowest BCUT2D eigenvalue weighted by Crippen LogP contribution is -2.43. The summed E-state index contributed by atoms with van der Waals surface area (Å²) in [6.45, 7) is 7.94. The van der Waals surface area contributed by atoms with E-state index in [1.807, 2.05) is 19.1 Å². The first-order chi connectivity index (χ1) is 12.7. The van der Waals surface area contributed by atoms with Crippen LogP contribution in [-0.4, -0.2) is 79.5 Å². The van der Waals surface area contributed by atoms with E-state index < -0.39 is 0 Å². The number of hydrogen-bond acceptors (Lipinski definition) is 4. The molecule has 1 unspecified atom stereocenters. The van der Waals surface area contributed by atoms with E-state index in [0.29, 0.717) is 26.3 Å². The fourth-order valence-corrected chi connectivity index (χ4v) is 3.54. The molecule has 2 aliphatic heterocycles. The van der Waals surface area contributed by atoms with Gasteiger partial charge in [0.2, 0.25) is 0 Å². The molecule has 6 nitrogen and oxygen atoms in total. The molecule has 2 fully saturated rings. The molecule has 0 aromatic heterocycles. The third-order valence-corrected chi connectivity index (χ3v) is 4.95. The largest absolute Gasteiger partial charge is 0.391 e. The smallest absolute Gasteiger partial charge is 0.194 e. The van der Waals surface area contributed by atoms with Crippen molar-refractivity contribution >= 4 is 5.96 Å². The predicted octanol–water partition coefficient (Wildman–Crippen LogP) is 1.23. The van der Waals surface area contributed by atoms with Crippen LogP contribution in [0.3, 0.4) is 0 Å². The first kappa shape index (κ1) is 19.1. The number of rotatable bonds is 5. The molecular weight excluding hydrogens is 335 g/mol. The van der Waals surface area contributed by atoms with Crippen LogP contribution in [0, 0.1) is 5.82 Å². The second kappa shape index (κ2) is 9.30. The van der Waals surface area contributed by atoms with Gasteiger partial charge in [-0.15, -0.1) is 0 Å². The van der Waals surface area contributed by atoms with E-state index in [0.717, 1.165) is 44.1 Å². The number of guanidine groups is 1. The number of hydrogen-bond donors (Lipinski definition) is 2. The Balaban J connectivity index is 1.77. The molecule has 0 amide bonds. The highest BCUT2D eigenvalue weighted by Crippen LogP contribution is 2.23. The lowest BCUT2D eigenvalue weighted by atomic mass is 10.0. The van der Waals surface area contributed by atoms with Crippen molar-refractivity contribution in [1.82, 2.24) is 15.1 Å². The molecule has 2 saturated heterocycles. The Bertz CT molecular complexity index is 590. The molecule has 2 N–H and O–H groups in total. The topological polar surface area (TPSA) is 60.3 Å². The van der Waals surface area contributed by atoms with Gasteiger partial charge in [-0.25, -0.2) is 4.39 Å². The number of benzene rings is 1. The molecule has 0 aliphatic carbocycles. The van der Waals surface area contributed by atoms with E-state index in [1.165, 1.54) is 12.1 Å². The Hall–Kier alpha value is -1.70. The zero-order valence-corrected chi connectivity index (χ0v) is 15.4. The second-order valence-electron chi connectivity index (χ2n) is 6.80. The van der Waals surface area contributed by atoms with Crippen LogP contribution in [0.2, 0.25) is 0 Å². The summed E-state index contributed by atoms with van der Waals surface area (Å²) in [7, 11) is 0. The average Bonchev–Trinajstić information content (AvgIpc) is 3.09. The van der Waals surface area contributed by atoms with Crippen molar-refractivity contribution in [3.8, 4) is 0 Å². The van der Waals surface area contributed by atoms with E-state index in [-0.39, 0.29) is 18.0 Å². The number of aliphatic hydroxyl groups is 1. The maximum atomic E-state index is 13.3. The molecule has 2 heterocycles. The van der Waals surface area contributed by atoms with Crippen LogP contribution < -0.4 is 5.32 Å². The fourth-order valence-electron chi connectivity index (χ4n) is 3.54. The van der Waals surface area contributed by atoms with E-state index in [2.05, 4.69) is 15.1 Å². The molecule has 26 heavy (non-hydrogen) atoms. The van der Waals surface area contributed by atoms with Gasteiger partial charge in [0, 0.05) is 32.7 Å². The quantitative estimate of drug-likeness (QED) is 0.608. The number of likely N-dealkylation sites (tertiary alicyclic amines) is 1. The molecule has 0 saturated carbocycles. The molecule has 7 heteroatoms. The molecule has 0 bridgehead atoms. The number of aliphatic imine (C=N–C) groups is 1. The molecular formula is C19H29FN4O2.